The van der Waals surface area contributed by atoms with Gasteiger partial charge in [0.2, 0.25) is 0 Å². The molecule has 4 aromatic rings. The molecule has 0 atom stereocenters. The monoisotopic (exact) mass is 387 g/mol. The van der Waals surface area contributed by atoms with E-state index in [1.54, 1.807) is 11.0 Å². The van der Waals surface area contributed by atoms with Crippen LogP contribution in [0.15, 0.2) is 61.3 Å². The number of hydrogen-bond donors (Lipinski definition) is 0. The summed E-state index contributed by atoms with van der Waals surface area (Å²) in [4.78, 5) is 25.7. The zero-order chi connectivity index (χ0) is 19.8. The molecule has 0 aliphatic carbocycles. The van der Waals surface area contributed by atoms with Gasteiger partial charge in [0.1, 0.15) is 12.1 Å². The molecule has 8 nitrogen and oxygen atoms in total. The summed E-state index contributed by atoms with van der Waals surface area (Å²) in [6, 6.07) is 11.8. The van der Waals surface area contributed by atoms with Crippen LogP contribution < -0.4 is 4.90 Å². The first kappa shape index (κ1) is 17.4. The molecule has 1 saturated heterocycles. The first-order valence-electron chi connectivity index (χ1n) is 9.63. The lowest BCUT2D eigenvalue weighted by Crippen LogP contribution is -2.49. The Bertz CT molecular complexity index is 1140. The highest BCUT2D eigenvalue weighted by molar-refractivity contribution is 5.95. The fourth-order valence-electron chi connectivity index (χ4n) is 3.67. The average Bonchev–Trinajstić information content (AvgIpc) is 3.40. The summed E-state index contributed by atoms with van der Waals surface area (Å²) in [5, 5.41) is 4.41. The molecule has 0 unspecified atom stereocenters. The van der Waals surface area contributed by atoms with Gasteiger partial charge in [-0.25, -0.2) is 14.6 Å². The van der Waals surface area contributed by atoms with Crippen molar-refractivity contribution in [3.8, 4) is 5.82 Å². The first-order chi connectivity index (χ1) is 14.2. The average molecular weight is 387 g/mol. The number of carbonyl (C=O) groups excluding carboxylic acids is 1. The largest absolute Gasteiger partial charge is 0.353 e. The highest BCUT2D eigenvalue weighted by atomic mass is 16.2. The van der Waals surface area contributed by atoms with E-state index in [2.05, 4.69) is 20.0 Å². The Morgan fingerprint density at radius 2 is 1.79 bits per heavy atom. The quantitative estimate of drug-likeness (QED) is 0.539. The second-order valence-electron chi connectivity index (χ2n) is 7.18. The molecule has 1 amide bonds. The summed E-state index contributed by atoms with van der Waals surface area (Å²) in [5.74, 6) is 1.66. The minimum atomic E-state index is 0.0729. The number of aromatic nitrogens is 5. The summed E-state index contributed by atoms with van der Waals surface area (Å²) >= 11 is 0. The third kappa shape index (κ3) is 3.33. The number of hydrogen-bond acceptors (Lipinski definition) is 5. The van der Waals surface area contributed by atoms with E-state index in [4.69, 9.17) is 0 Å². The molecule has 146 valence electrons. The SMILES string of the molecule is Cc1ccn(-c2cc(N3CCN(C(=O)c4cc5ccccn5c4)CC3)ncn2)n1. The molecular formula is C21H21N7O. The molecule has 0 saturated carbocycles. The van der Waals surface area contributed by atoms with Gasteiger partial charge in [0.25, 0.3) is 5.91 Å². The van der Waals surface area contributed by atoms with Gasteiger partial charge in [0, 0.05) is 56.4 Å². The fraction of sp³-hybridized carbons (Fsp3) is 0.238. The maximum Gasteiger partial charge on any atom is 0.255 e. The molecular weight excluding hydrogens is 366 g/mol. The predicted molar refractivity (Wildman–Crippen MR) is 109 cm³/mol. The van der Waals surface area contributed by atoms with Crippen LogP contribution >= 0.6 is 0 Å². The van der Waals surface area contributed by atoms with Crippen molar-refractivity contribution in [1.29, 1.82) is 0 Å². The van der Waals surface area contributed by atoms with E-state index in [1.165, 1.54) is 0 Å². The Hall–Kier alpha value is -3.68. The van der Waals surface area contributed by atoms with Crippen molar-refractivity contribution in [2.75, 3.05) is 31.1 Å². The Morgan fingerprint density at radius 1 is 0.966 bits per heavy atom. The van der Waals surface area contributed by atoms with Crippen molar-refractivity contribution in [3.05, 3.63) is 72.6 Å². The summed E-state index contributed by atoms with van der Waals surface area (Å²) in [6.45, 7) is 4.72. The van der Waals surface area contributed by atoms with Gasteiger partial charge in [-0.15, -0.1) is 0 Å². The number of anilines is 1. The molecule has 4 aromatic heterocycles. The van der Waals surface area contributed by atoms with E-state index in [-0.39, 0.29) is 5.91 Å². The molecule has 0 bridgehead atoms. The molecule has 1 aliphatic heterocycles. The molecule has 0 radical (unpaired) electrons. The van der Waals surface area contributed by atoms with Gasteiger partial charge in [-0.1, -0.05) is 6.07 Å². The van der Waals surface area contributed by atoms with Gasteiger partial charge in [-0.3, -0.25) is 4.79 Å². The van der Waals surface area contributed by atoms with E-state index in [0.29, 0.717) is 13.1 Å². The number of fused-ring (bicyclic) bond motifs is 1. The second-order valence-corrected chi connectivity index (χ2v) is 7.18. The summed E-state index contributed by atoms with van der Waals surface area (Å²) < 4.78 is 3.72. The van der Waals surface area contributed by atoms with Crippen molar-refractivity contribution in [3.63, 3.8) is 0 Å². The number of piperazine rings is 1. The Labute approximate surface area is 168 Å². The highest BCUT2D eigenvalue weighted by Crippen LogP contribution is 2.18. The minimum absolute atomic E-state index is 0.0729. The van der Waals surface area contributed by atoms with Crippen molar-refractivity contribution in [2.45, 2.75) is 6.92 Å². The first-order valence-corrected chi connectivity index (χ1v) is 9.63. The van der Waals surface area contributed by atoms with E-state index in [1.807, 2.05) is 71.2 Å². The van der Waals surface area contributed by atoms with Gasteiger partial charge in [0.05, 0.1) is 11.3 Å². The van der Waals surface area contributed by atoms with Crippen molar-refractivity contribution in [2.24, 2.45) is 0 Å². The molecule has 0 aromatic carbocycles. The maximum absolute atomic E-state index is 12.9. The van der Waals surface area contributed by atoms with E-state index in [9.17, 15) is 4.79 Å². The van der Waals surface area contributed by atoms with Gasteiger partial charge in [0.15, 0.2) is 5.82 Å². The van der Waals surface area contributed by atoms with Gasteiger partial charge in [-0.2, -0.15) is 5.10 Å². The second kappa shape index (κ2) is 7.05. The van der Waals surface area contributed by atoms with E-state index in [0.717, 1.165) is 41.5 Å². The topological polar surface area (TPSA) is 71.6 Å². The number of amides is 1. The van der Waals surface area contributed by atoms with Gasteiger partial charge >= 0.3 is 0 Å². The lowest BCUT2D eigenvalue weighted by Gasteiger charge is -2.35. The molecule has 8 heteroatoms. The highest BCUT2D eigenvalue weighted by Gasteiger charge is 2.24. The molecule has 0 N–H and O–H groups in total. The van der Waals surface area contributed by atoms with Crippen LogP contribution in [0.1, 0.15) is 16.1 Å². The Morgan fingerprint density at radius 3 is 2.55 bits per heavy atom. The van der Waals surface area contributed by atoms with Gasteiger partial charge < -0.3 is 14.2 Å². The molecule has 5 heterocycles. The molecule has 0 spiro atoms. The van der Waals surface area contributed by atoms with Gasteiger partial charge in [-0.05, 0) is 31.2 Å². The van der Waals surface area contributed by atoms with E-state index < -0.39 is 0 Å². The van der Waals surface area contributed by atoms with E-state index >= 15 is 0 Å². The van der Waals surface area contributed by atoms with Crippen molar-refractivity contribution >= 4 is 17.2 Å². The number of pyridine rings is 1. The molecule has 1 aliphatic rings. The van der Waals surface area contributed by atoms with Crippen molar-refractivity contribution < 1.29 is 4.79 Å². The van der Waals surface area contributed by atoms with Crippen LogP contribution in [-0.2, 0) is 0 Å². The molecule has 1 fully saturated rings. The van der Waals surface area contributed by atoms with Crippen LogP contribution in [-0.4, -0.2) is 61.1 Å². The standard InChI is InChI=1S/C21H21N7O/c1-16-5-7-28(24-16)20-13-19(22-15-23-20)25-8-10-26(11-9-25)21(29)17-12-18-4-2-3-6-27(18)14-17/h2-7,12-15H,8-11H2,1H3. The van der Waals surface area contributed by atoms with Crippen LogP contribution in [0, 0.1) is 6.92 Å². The minimum Gasteiger partial charge on any atom is -0.353 e. The summed E-state index contributed by atoms with van der Waals surface area (Å²) in [7, 11) is 0. The summed E-state index contributed by atoms with van der Waals surface area (Å²) in [5.41, 5.74) is 2.69. The lowest BCUT2D eigenvalue weighted by molar-refractivity contribution is 0.0746. The zero-order valence-electron chi connectivity index (χ0n) is 16.1. The summed E-state index contributed by atoms with van der Waals surface area (Å²) in [6.07, 6.45) is 7.30. The van der Waals surface area contributed by atoms with Crippen molar-refractivity contribution in [1.82, 2.24) is 29.0 Å². The smallest absolute Gasteiger partial charge is 0.255 e. The zero-order valence-corrected chi connectivity index (χ0v) is 16.1. The molecule has 5 rings (SSSR count). The van der Waals surface area contributed by atoms with Crippen LogP contribution in [0.4, 0.5) is 5.82 Å². The third-order valence-electron chi connectivity index (χ3n) is 5.24. The van der Waals surface area contributed by atoms with Crippen LogP contribution in [0.2, 0.25) is 0 Å². The van der Waals surface area contributed by atoms with Crippen LogP contribution in [0.5, 0.6) is 0 Å². The number of rotatable bonds is 3. The Balaban J connectivity index is 1.28. The fourth-order valence-corrected chi connectivity index (χ4v) is 3.67. The number of aryl methyl sites for hydroxylation is 1. The normalized spacial score (nSPS) is 14.5. The van der Waals surface area contributed by atoms with Crippen LogP contribution in [0.3, 0.4) is 0 Å². The maximum atomic E-state index is 12.9. The number of carbonyl (C=O) groups is 1. The predicted octanol–water partition coefficient (Wildman–Crippen LogP) is 2.19. The third-order valence-corrected chi connectivity index (χ3v) is 5.24. The lowest BCUT2D eigenvalue weighted by atomic mass is 10.2. The molecule has 29 heavy (non-hydrogen) atoms. The Kier molecular flexibility index (Phi) is 4.23. The number of nitrogens with zero attached hydrogens (tertiary/aromatic N) is 7. The van der Waals surface area contributed by atoms with Crippen LogP contribution in [0.25, 0.3) is 11.3 Å².